The summed E-state index contributed by atoms with van der Waals surface area (Å²) in [6.45, 7) is 0. The summed E-state index contributed by atoms with van der Waals surface area (Å²) >= 11 is 0. The van der Waals surface area contributed by atoms with Crippen molar-refractivity contribution in [2.24, 2.45) is 5.73 Å². The van der Waals surface area contributed by atoms with Crippen LogP contribution in [0.15, 0.2) is 61.1 Å². The van der Waals surface area contributed by atoms with Crippen LogP contribution in [0.1, 0.15) is 35.3 Å². The molecule has 0 bridgehead atoms. The second-order valence-corrected chi connectivity index (χ2v) is 7.40. The van der Waals surface area contributed by atoms with E-state index in [-0.39, 0.29) is 11.2 Å². The van der Waals surface area contributed by atoms with Crippen molar-refractivity contribution in [3.05, 3.63) is 72.3 Å². The standard InChI is InChI=1S/C22H19N5O2/c23-22(9-3-10-22)14-5-7-15(8-6-14)27-18(17-4-1-2-11-24-17)12-16-19(21(28)29)25-13-26-20(16)27/h1-2,4-8,11-13H,3,9-10,23H2,(H,28,29). The zero-order valence-corrected chi connectivity index (χ0v) is 15.6. The molecule has 3 N–H and O–H groups in total. The summed E-state index contributed by atoms with van der Waals surface area (Å²) in [6.07, 6.45) is 6.13. The Labute approximate surface area is 166 Å². The molecule has 1 aliphatic carbocycles. The SMILES string of the molecule is NC1(c2ccc(-n3c(-c4ccccn4)cc4c(C(=O)O)ncnc43)cc2)CCC1. The van der Waals surface area contributed by atoms with Crippen molar-refractivity contribution >= 4 is 17.0 Å². The van der Waals surface area contributed by atoms with Gasteiger partial charge in [-0.05, 0) is 55.2 Å². The first-order valence-corrected chi connectivity index (χ1v) is 9.48. The number of hydrogen-bond donors (Lipinski definition) is 2. The van der Waals surface area contributed by atoms with Crippen molar-refractivity contribution < 1.29 is 9.90 Å². The van der Waals surface area contributed by atoms with Crippen LogP contribution >= 0.6 is 0 Å². The van der Waals surface area contributed by atoms with Gasteiger partial charge in [-0.2, -0.15) is 0 Å². The molecule has 0 unspecified atom stereocenters. The molecule has 5 rings (SSSR count). The topological polar surface area (TPSA) is 107 Å². The molecule has 3 heterocycles. The van der Waals surface area contributed by atoms with Gasteiger partial charge in [-0.25, -0.2) is 14.8 Å². The zero-order chi connectivity index (χ0) is 20.0. The van der Waals surface area contributed by atoms with E-state index in [9.17, 15) is 9.90 Å². The van der Waals surface area contributed by atoms with E-state index in [0.29, 0.717) is 11.0 Å². The summed E-state index contributed by atoms with van der Waals surface area (Å²) < 4.78 is 1.92. The Kier molecular flexibility index (Phi) is 3.92. The van der Waals surface area contributed by atoms with E-state index in [4.69, 9.17) is 5.73 Å². The summed E-state index contributed by atoms with van der Waals surface area (Å²) in [5.41, 5.74) is 10.2. The third-order valence-electron chi connectivity index (χ3n) is 5.67. The molecule has 1 aromatic carbocycles. The van der Waals surface area contributed by atoms with Crippen LogP contribution in [0.3, 0.4) is 0 Å². The number of pyridine rings is 1. The number of nitrogens with two attached hydrogens (primary N) is 1. The van der Waals surface area contributed by atoms with Crippen LogP contribution in [-0.2, 0) is 5.54 Å². The molecule has 7 heteroatoms. The largest absolute Gasteiger partial charge is 0.476 e. The maximum Gasteiger partial charge on any atom is 0.355 e. The van der Waals surface area contributed by atoms with Gasteiger partial charge in [-0.15, -0.1) is 0 Å². The molecular weight excluding hydrogens is 366 g/mol. The first-order chi connectivity index (χ1) is 14.1. The van der Waals surface area contributed by atoms with E-state index in [1.807, 2.05) is 47.0 Å². The highest BCUT2D eigenvalue weighted by atomic mass is 16.4. The number of aromatic nitrogens is 4. The van der Waals surface area contributed by atoms with Crippen LogP contribution in [0.2, 0.25) is 0 Å². The molecule has 0 atom stereocenters. The van der Waals surface area contributed by atoms with Gasteiger partial charge in [-0.1, -0.05) is 18.2 Å². The fourth-order valence-electron chi connectivity index (χ4n) is 3.94. The maximum absolute atomic E-state index is 11.7. The number of hydrogen-bond acceptors (Lipinski definition) is 5. The molecule has 0 radical (unpaired) electrons. The van der Waals surface area contributed by atoms with E-state index < -0.39 is 5.97 Å². The van der Waals surface area contributed by atoms with E-state index in [0.717, 1.165) is 41.9 Å². The number of carbonyl (C=O) groups is 1. The lowest BCUT2D eigenvalue weighted by atomic mass is 9.73. The van der Waals surface area contributed by atoms with Crippen molar-refractivity contribution in [1.29, 1.82) is 0 Å². The van der Waals surface area contributed by atoms with Gasteiger partial charge in [0.1, 0.15) is 12.0 Å². The number of rotatable bonds is 4. The number of nitrogens with zero attached hydrogens (tertiary/aromatic N) is 4. The van der Waals surface area contributed by atoms with Crippen LogP contribution in [0.5, 0.6) is 0 Å². The molecule has 7 nitrogen and oxygen atoms in total. The highest BCUT2D eigenvalue weighted by Crippen LogP contribution is 2.39. The van der Waals surface area contributed by atoms with Gasteiger partial charge in [0.15, 0.2) is 5.69 Å². The summed E-state index contributed by atoms with van der Waals surface area (Å²) in [5.74, 6) is -1.09. The van der Waals surface area contributed by atoms with Crippen molar-refractivity contribution in [3.63, 3.8) is 0 Å². The van der Waals surface area contributed by atoms with Gasteiger partial charge >= 0.3 is 5.97 Å². The quantitative estimate of drug-likeness (QED) is 0.557. The highest BCUT2D eigenvalue weighted by Gasteiger charge is 2.34. The predicted molar refractivity (Wildman–Crippen MR) is 109 cm³/mol. The molecule has 0 amide bonds. The number of carboxylic acids is 1. The van der Waals surface area contributed by atoms with E-state index in [1.165, 1.54) is 6.33 Å². The Balaban J connectivity index is 1.73. The van der Waals surface area contributed by atoms with E-state index in [1.54, 1.807) is 12.3 Å². The van der Waals surface area contributed by atoms with Gasteiger partial charge in [0.05, 0.1) is 16.8 Å². The first kappa shape index (κ1) is 17.5. The second-order valence-electron chi connectivity index (χ2n) is 7.40. The van der Waals surface area contributed by atoms with E-state index in [2.05, 4.69) is 15.0 Å². The maximum atomic E-state index is 11.7. The minimum Gasteiger partial charge on any atom is -0.476 e. The predicted octanol–water partition coefficient (Wildman–Crippen LogP) is 3.52. The molecule has 0 spiro atoms. The average Bonchev–Trinajstić information content (AvgIpc) is 3.12. The number of benzene rings is 1. The highest BCUT2D eigenvalue weighted by molar-refractivity contribution is 6.02. The molecule has 0 aliphatic heterocycles. The molecule has 1 fully saturated rings. The molecule has 3 aromatic heterocycles. The van der Waals surface area contributed by atoms with Crippen molar-refractivity contribution in [3.8, 4) is 17.1 Å². The van der Waals surface area contributed by atoms with Crippen molar-refractivity contribution in [1.82, 2.24) is 19.5 Å². The van der Waals surface area contributed by atoms with Gasteiger partial charge in [-0.3, -0.25) is 9.55 Å². The van der Waals surface area contributed by atoms with Crippen LogP contribution in [0, 0.1) is 0 Å². The normalized spacial score (nSPS) is 15.2. The van der Waals surface area contributed by atoms with Crippen LogP contribution < -0.4 is 5.73 Å². The summed E-state index contributed by atoms with van der Waals surface area (Å²) in [6, 6.07) is 15.5. The third-order valence-corrected chi connectivity index (χ3v) is 5.67. The Bertz CT molecular complexity index is 1210. The summed E-state index contributed by atoms with van der Waals surface area (Å²) in [7, 11) is 0. The average molecular weight is 385 g/mol. The monoisotopic (exact) mass is 385 g/mol. The Hall–Kier alpha value is -3.58. The lowest BCUT2D eigenvalue weighted by molar-refractivity contribution is 0.0692. The first-order valence-electron chi connectivity index (χ1n) is 9.48. The number of aromatic carboxylic acids is 1. The van der Waals surface area contributed by atoms with Crippen LogP contribution in [0.4, 0.5) is 0 Å². The molecule has 0 saturated heterocycles. The Morgan fingerprint density at radius 2 is 1.86 bits per heavy atom. The third kappa shape index (κ3) is 2.78. The molecule has 144 valence electrons. The Morgan fingerprint density at radius 3 is 2.48 bits per heavy atom. The van der Waals surface area contributed by atoms with Crippen LogP contribution in [0.25, 0.3) is 28.1 Å². The molecule has 1 aliphatic rings. The van der Waals surface area contributed by atoms with E-state index >= 15 is 0 Å². The molecular formula is C22H19N5O2. The lowest BCUT2D eigenvalue weighted by Gasteiger charge is -2.38. The van der Waals surface area contributed by atoms with Crippen LogP contribution in [-0.4, -0.2) is 30.6 Å². The Morgan fingerprint density at radius 1 is 1.07 bits per heavy atom. The minimum absolute atomic E-state index is 0.0297. The fraction of sp³-hybridized carbons (Fsp3) is 0.182. The molecule has 29 heavy (non-hydrogen) atoms. The van der Waals surface area contributed by atoms with Crippen molar-refractivity contribution in [2.45, 2.75) is 24.8 Å². The number of carboxylic acid groups (broad SMARTS) is 1. The van der Waals surface area contributed by atoms with Gasteiger partial charge < -0.3 is 10.8 Å². The number of fused-ring (bicyclic) bond motifs is 1. The van der Waals surface area contributed by atoms with Gasteiger partial charge in [0, 0.05) is 17.4 Å². The smallest absolute Gasteiger partial charge is 0.355 e. The van der Waals surface area contributed by atoms with Gasteiger partial charge in [0.2, 0.25) is 0 Å². The minimum atomic E-state index is -1.09. The summed E-state index contributed by atoms with van der Waals surface area (Å²) in [5, 5.41) is 10.0. The molecule has 4 aromatic rings. The van der Waals surface area contributed by atoms with Crippen molar-refractivity contribution in [2.75, 3.05) is 0 Å². The van der Waals surface area contributed by atoms with Gasteiger partial charge in [0.25, 0.3) is 0 Å². The second kappa shape index (κ2) is 6.49. The summed E-state index contributed by atoms with van der Waals surface area (Å²) in [4.78, 5) is 24.5. The fourth-order valence-corrected chi connectivity index (χ4v) is 3.94. The lowest BCUT2D eigenvalue weighted by Crippen LogP contribution is -2.43. The zero-order valence-electron chi connectivity index (χ0n) is 15.6. The molecule has 1 saturated carbocycles.